The Labute approximate surface area is 50.3 Å². The molecular formula is C4H9NO2S. The summed E-state index contributed by atoms with van der Waals surface area (Å²) in [6, 6.07) is 1.83. The second-order valence-corrected chi connectivity index (χ2v) is 4.00. The highest BCUT2D eigenvalue weighted by Crippen LogP contribution is 2.33. The summed E-state index contributed by atoms with van der Waals surface area (Å²) in [6.45, 7) is 0. The van der Waals surface area contributed by atoms with E-state index in [4.69, 9.17) is 14.4 Å². The van der Waals surface area contributed by atoms with Crippen LogP contribution in [-0.2, 0) is 0 Å². The summed E-state index contributed by atoms with van der Waals surface area (Å²) in [5.74, 6) is 0.198. The third-order valence-corrected chi connectivity index (χ3v) is 1.58. The topological polar surface area (TPSA) is 64.2 Å². The molecule has 0 rings (SSSR count). The lowest BCUT2D eigenvalue weighted by atomic mass is 10.6. The van der Waals surface area contributed by atoms with Gasteiger partial charge in [0.15, 0.2) is 0 Å². The quantitative estimate of drug-likeness (QED) is 0.599. The standard InChI is InChI=1S/C4H9NO2S/c1-8(6,7)4-2-3-5/h6-7H,2,4H2,1H3. The monoisotopic (exact) mass is 135 g/mol. The lowest BCUT2D eigenvalue weighted by molar-refractivity contribution is 0.495. The van der Waals surface area contributed by atoms with E-state index in [1.54, 1.807) is 0 Å². The highest BCUT2D eigenvalue weighted by atomic mass is 32.3. The van der Waals surface area contributed by atoms with Gasteiger partial charge in [-0.2, -0.15) is 15.9 Å². The number of nitrogens with zero attached hydrogens (tertiary/aromatic N) is 1. The molecule has 0 heterocycles. The van der Waals surface area contributed by atoms with Crippen LogP contribution in [0.25, 0.3) is 0 Å². The van der Waals surface area contributed by atoms with Crippen molar-refractivity contribution < 1.29 is 9.11 Å². The number of rotatable bonds is 2. The summed E-state index contributed by atoms with van der Waals surface area (Å²) in [4.78, 5) is 0. The Kier molecular flexibility index (Phi) is 2.84. The van der Waals surface area contributed by atoms with E-state index in [1.807, 2.05) is 6.07 Å². The van der Waals surface area contributed by atoms with Crippen LogP contribution in [0.3, 0.4) is 0 Å². The first-order valence-electron chi connectivity index (χ1n) is 2.14. The van der Waals surface area contributed by atoms with Gasteiger partial charge in [0, 0.05) is 6.26 Å². The number of hydrogen-bond acceptors (Lipinski definition) is 3. The van der Waals surface area contributed by atoms with E-state index in [-0.39, 0.29) is 12.2 Å². The van der Waals surface area contributed by atoms with Gasteiger partial charge in [-0.05, 0) is 0 Å². The smallest absolute Gasteiger partial charge is 0.0638 e. The first-order chi connectivity index (χ1) is 3.56. The molecule has 0 amide bonds. The Morgan fingerprint density at radius 2 is 2.12 bits per heavy atom. The molecule has 4 heteroatoms. The van der Waals surface area contributed by atoms with Crippen molar-refractivity contribution >= 4 is 10.6 Å². The first kappa shape index (κ1) is 7.76. The van der Waals surface area contributed by atoms with Gasteiger partial charge in [-0.25, -0.2) is 0 Å². The molecule has 0 unspecified atom stereocenters. The molecule has 0 aliphatic rings. The van der Waals surface area contributed by atoms with Gasteiger partial charge in [-0.15, -0.1) is 0 Å². The second-order valence-electron chi connectivity index (χ2n) is 1.61. The Morgan fingerprint density at radius 3 is 2.25 bits per heavy atom. The van der Waals surface area contributed by atoms with Gasteiger partial charge in [0.2, 0.25) is 0 Å². The molecule has 8 heavy (non-hydrogen) atoms. The second kappa shape index (κ2) is 2.92. The molecule has 0 aromatic carbocycles. The fraction of sp³-hybridized carbons (Fsp3) is 0.750. The van der Waals surface area contributed by atoms with E-state index in [9.17, 15) is 0 Å². The molecule has 0 saturated carbocycles. The van der Waals surface area contributed by atoms with E-state index in [0.29, 0.717) is 0 Å². The van der Waals surface area contributed by atoms with E-state index < -0.39 is 10.6 Å². The molecule has 0 aromatic rings. The van der Waals surface area contributed by atoms with Crippen molar-refractivity contribution in [3.63, 3.8) is 0 Å². The van der Waals surface area contributed by atoms with Crippen molar-refractivity contribution in [1.29, 1.82) is 5.26 Å². The van der Waals surface area contributed by atoms with Crippen molar-refractivity contribution in [3.05, 3.63) is 0 Å². The molecule has 0 aliphatic carbocycles. The van der Waals surface area contributed by atoms with Crippen LogP contribution in [0, 0.1) is 11.3 Å². The van der Waals surface area contributed by atoms with Crippen LogP contribution in [-0.4, -0.2) is 21.1 Å². The SMILES string of the molecule is CS(O)(O)CCC#N. The molecule has 0 radical (unpaired) electrons. The summed E-state index contributed by atoms with van der Waals surface area (Å²) in [5, 5.41) is 7.97. The normalized spacial score (nSPS) is 12.8. The fourth-order valence-electron chi connectivity index (χ4n) is 0.239. The minimum atomic E-state index is -2.41. The molecule has 0 fully saturated rings. The molecule has 0 saturated heterocycles. The zero-order valence-electron chi connectivity index (χ0n) is 4.66. The van der Waals surface area contributed by atoms with E-state index in [0.717, 1.165) is 0 Å². The minimum Gasteiger partial charge on any atom is -0.300 e. The fourth-order valence-corrected chi connectivity index (χ4v) is 0.717. The number of nitriles is 1. The van der Waals surface area contributed by atoms with Gasteiger partial charge < -0.3 is 0 Å². The average molecular weight is 135 g/mol. The molecule has 0 aromatic heterocycles. The van der Waals surface area contributed by atoms with Gasteiger partial charge in [0.05, 0.1) is 18.2 Å². The van der Waals surface area contributed by atoms with Gasteiger partial charge in [-0.1, -0.05) is 0 Å². The largest absolute Gasteiger partial charge is 0.300 e. The predicted octanol–water partition coefficient (Wildman–Crippen LogP) is 1.28. The summed E-state index contributed by atoms with van der Waals surface area (Å²) < 4.78 is 17.3. The highest BCUT2D eigenvalue weighted by Gasteiger charge is 2.00. The van der Waals surface area contributed by atoms with Crippen LogP contribution < -0.4 is 0 Å². The van der Waals surface area contributed by atoms with Gasteiger partial charge in [0.25, 0.3) is 0 Å². The minimum absolute atomic E-state index is 0.198. The molecule has 0 aliphatic heterocycles. The van der Waals surface area contributed by atoms with E-state index >= 15 is 0 Å². The van der Waals surface area contributed by atoms with Crippen molar-refractivity contribution in [2.24, 2.45) is 0 Å². The predicted molar refractivity (Wildman–Crippen MR) is 33.9 cm³/mol. The zero-order chi connectivity index (χ0) is 6.62. The van der Waals surface area contributed by atoms with Crippen LogP contribution in [0.5, 0.6) is 0 Å². The van der Waals surface area contributed by atoms with Gasteiger partial charge >= 0.3 is 0 Å². The van der Waals surface area contributed by atoms with Crippen molar-refractivity contribution in [2.75, 3.05) is 12.0 Å². The van der Waals surface area contributed by atoms with E-state index in [2.05, 4.69) is 0 Å². The Bertz CT molecular complexity index is 102. The van der Waals surface area contributed by atoms with Crippen molar-refractivity contribution in [2.45, 2.75) is 6.42 Å². The average Bonchev–Trinajstić information content (AvgIpc) is 1.59. The highest BCUT2D eigenvalue weighted by molar-refractivity contribution is 8.23. The Hall–Kier alpha value is -0.240. The van der Waals surface area contributed by atoms with E-state index in [1.165, 1.54) is 6.26 Å². The lowest BCUT2D eigenvalue weighted by Crippen LogP contribution is -1.98. The number of hydrogen-bond donors (Lipinski definition) is 2. The van der Waals surface area contributed by atoms with Crippen LogP contribution >= 0.6 is 10.6 Å². The molecule has 3 nitrogen and oxygen atoms in total. The molecule has 0 spiro atoms. The zero-order valence-corrected chi connectivity index (χ0v) is 5.48. The maximum atomic E-state index is 8.64. The Morgan fingerprint density at radius 1 is 1.62 bits per heavy atom. The van der Waals surface area contributed by atoms with Crippen LogP contribution in [0.2, 0.25) is 0 Å². The summed E-state index contributed by atoms with van der Waals surface area (Å²) >= 11 is 0. The first-order valence-corrected chi connectivity index (χ1v) is 4.26. The van der Waals surface area contributed by atoms with Gasteiger partial charge in [-0.3, -0.25) is 9.11 Å². The van der Waals surface area contributed by atoms with Crippen LogP contribution in [0.4, 0.5) is 0 Å². The molecular weight excluding hydrogens is 126 g/mol. The molecule has 2 N–H and O–H groups in total. The van der Waals surface area contributed by atoms with Crippen LogP contribution in [0.15, 0.2) is 0 Å². The van der Waals surface area contributed by atoms with Crippen molar-refractivity contribution in [3.8, 4) is 6.07 Å². The third kappa shape index (κ3) is 5.76. The van der Waals surface area contributed by atoms with Gasteiger partial charge in [0.1, 0.15) is 0 Å². The van der Waals surface area contributed by atoms with Crippen molar-refractivity contribution in [1.82, 2.24) is 0 Å². The molecule has 0 bridgehead atoms. The molecule has 48 valence electrons. The summed E-state index contributed by atoms with van der Waals surface area (Å²) in [5.41, 5.74) is 0. The van der Waals surface area contributed by atoms with Crippen LogP contribution in [0.1, 0.15) is 6.42 Å². The third-order valence-electron chi connectivity index (χ3n) is 0.601. The molecule has 0 atom stereocenters. The maximum Gasteiger partial charge on any atom is 0.0638 e. The summed E-state index contributed by atoms with van der Waals surface area (Å²) in [7, 11) is -2.41. The summed E-state index contributed by atoms with van der Waals surface area (Å²) in [6.07, 6.45) is 1.56. The maximum absolute atomic E-state index is 8.64. The lowest BCUT2D eigenvalue weighted by Gasteiger charge is -2.24. The Balaban J connectivity index is 3.28.